The Morgan fingerprint density at radius 2 is 1.95 bits per heavy atom. The molecule has 1 aliphatic heterocycles. The van der Waals surface area contributed by atoms with E-state index in [2.05, 4.69) is 30.6 Å². The van der Waals surface area contributed by atoms with Gasteiger partial charge in [0.2, 0.25) is 5.91 Å². The van der Waals surface area contributed by atoms with E-state index < -0.39 is 17.5 Å². The summed E-state index contributed by atoms with van der Waals surface area (Å²) in [6.45, 7) is 3.71. The highest BCUT2D eigenvalue weighted by atomic mass is 19.2. The van der Waals surface area contributed by atoms with E-state index >= 15 is 0 Å². The molecule has 0 unspecified atom stereocenters. The summed E-state index contributed by atoms with van der Waals surface area (Å²) < 4.78 is 40.3. The van der Waals surface area contributed by atoms with Crippen LogP contribution in [0, 0.1) is 11.6 Å². The van der Waals surface area contributed by atoms with Crippen LogP contribution in [0.5, 0.6) is 11.5 Å². The van der Waals surface area contributed by atoms with Crippen LogP contribution in [-0.4, -0.2) is 63.9 Å². The molecule has 0 saturated carbocycles. The first-order chi connectivity index (χ1) is 19.5. The molecule has 210 valence electrons. The van der Waals surface area contributed by atoms with Crippen molar-refractivity contribution in [1.82, 2.24) is 24.6 Å². The van der Waals surface area contributed by atoms with Crippen molar-refractivity contribution in [3.8, 4) is 11.5 Å². The van der Waals surface area contributed by atoms with Gasteiger partial charge >= 0.3 is 0 Å². The molecule has 40 heavy (non-hydrogen) atoms. The fraction of sp³-hybridized carbons (Fsp3) is 0.357. The highest BCUT2D eigenvalue weighted by Gasteiger charge is 2.15. The molecule has 0 spiro atoms. The van der Waals surface area contributed by atoms with Gasteiger partial charge in [-0.1, -0.05) is 12.5 Å². The fourth-order valence-electron chi connectivity index (χ4n) is 4.68. The van der Waals surface area contributed by atoms with Gasteiger partial charge in [0.1, 0.15) is 18.7 Å². The Morgan fingerprint density at radius 3 is 2.77 bits per heavy atom. The van der Waals surface area contributed by atoms with E-state index in [1.54, 1.807) is 13.3 Å². The number of hydrogen-bond acceptors (Lipinski definition) is 8. The first-order valence-electron chi connectivity index (χ1n) is 13.2. The Morgan fingerprint density at radius 1 is 1.10 bits per heavy atom. The first kappa shape index (κ1) is 27.3. The SMILES string of the molecule is COc1cc2c(Nc3cnn(CC(=O)Nc4cccc(F)c4F)c3)ncnc2cc1OCCCN1CCCCC1. The number of methoxy groups -OCH3 is 1. The lowest BCUT2D eigenvalue weighted by atomic mass is 10.1. The molecule has 4 aromatic rings. The van der Waals surface area contributed by atoms with E-state index in [-0.39, 0.29) is 12.2 Å². The van der Waals surface area contributed by atoms with E-state index in [9.17, 15) is 13.6 Å². The lowest BCUT2D eigenvalue weighted by Crippen LogP contribution is -2.31. The Kier molecular flexibility index (Phi) is 8.65. The number of rotatable bonds is 11. The fourth-order valence-corrected chi connectivity index (χ4v) is 4.68. The molecule has 2 aromatic carbocycles. The van der Waals surface area contributed by atoms with Crippen LogP contribution < -0.4 is 20.1 Å². The average molecular weight is 552 g/mol. The van der Waals surface area contributed by atoms with Crippen molar-refractivity contribution in [2.45, 2.75) is 32.2 Å². The maximum absolute atomic E-state index is 13.8. The van der Waals surface area contributed by atoms with Crippen LogP contribution in [0.2, 0.25) is 0 Å². The number of nitrogens with one attached hydrogen (secondary N) is 2. The summed E-state index contributed by atoms with van der Waals surface area (Å²) in [6.07, 6.45) is 9.36. The van der Waals surface area contributed by atoms with Gasteiger partial charge in [0.25, 0.3) is 0 Å². The summed E-state index contributed by atoms with van der Waals surface area (Å²) in [5.74, 6) is -1.00. The number of nitrogens with zero attached hydrogens (tertiary/aromatic N) is 5. The number of hydrogen-bond donors (Lipinski definition) is 2. The number of amides is 1. The average Bonchev–Trinajstić information content (AvgIpc) is 3.40. The van der Waals surface area contributed by atoms with E-state index in [1.165, 1.54) is 48.6 Å². The van der Waals surface area contributed by atoms with Crippen LogP contribution in [0.15, 0.2) is 49.1 Å². The summed E-state index contributed by atoms with van der Waals surface area (Å²) >= 11 is 0. The number of halogens is 2. The molecule has 5 rings (SSSR count). The minimum atomic E-state index is -1.12. The molecule has 1 amide bonds. The zero-order valence-electron chi connectivity index (χ0n) is 22.2. The topological polar surface area (TPSA) is 106 Å². The summed E-state index contributed by atoms with van der Waals surface area (Å²) in [5, 5.41) is 10.4. The molecule has 0 atom stereocenters. The van der Waals surface area contributed by atoms with Crippen molar-refractivity contribution >= 4 is 34.0 Å². The zero-order chi connectivity index (χ0) is 27.9. The quantitative estimate of drug-likeness (QED) is 0.257. The molecule has 10 nitrogen and oxygen atoms in total. The minimum Gasteiger partial charge on any atom is -0.493 e. The second-order valence-corrected chi connectivity index (χ2v) is 9.55. The first-order valence-corrected chi connectivity index (χ1v) is 13.2. The molecule has 1 fully saturated rings. The molecule has 2 N–H and O–H groups in total. The number of piperidine rings is 1. The van der Waals surface area contributed by atoms with Gasteiger partial charge in [-0.25, -0.2) is 18.7 Å². The monoisotopic (exact) mass is 551 g/mol. The number of benzene rings is 2. The second-order valence-electron chi connectivity index (χ2n) is 9.55. The van der Waals surface area contributed by atoms with Gasteiger partial charge in [0.05, 0.1) is 36.8 Å². The maximum atomic E-state index is 13.8. The van der Waals surface area contributed by atoms with Crippen molar-refractivity contribution in [2.75, 3.05) is 44.0 Å². The predicted molar refractivity (Wildman–Crippen MR) is 147 cm³/mol. The normalized spacial score (nSPS) is 13.8. The van der Waals surface area contributed by atoms with Crippen LogP contribution in [-0.2, 0) is 11.3 Å². The number of anilines is 3. The number of fused-ring (bicyclic) bond motifs is 1. The second kappa shape index (κ2) is 12.7. The largest absolute Gasteiger partial charge is 0.493 e. The van der Waals surface area contributed by atoms with E-state index in [1.807, 2.05) is 12.1 Å². The number of likely N-dealkylation sites (tertiary alicyclic amines) is 1. The minimum absolute atomic E-state index is 0.200. The molecule has 2 aromatic heterocycles. The van der Waals surface area contributed by atoms with Crippen LogP contribution in [0.4, 0.5) is 26.0 Å². The summed E-state index contributed by atoms with van der Waals surface area (Å²) in [7, 11) is 1.59. The third kappa shape index (κ3) is 6.63. The predicted octanol–water partition coefficient (Wildman–Crippen LogP) is 4.75. The molecule has 0 radical (unpaired) electrons. The molecule has 12 heteroatoms. The third-order valence-corrected chi connectivity index (χ3v) is 6.67. The molecule has 1 aliphatic rings. The van der Waals surface area contributed by atoms with E-state index in [4.69, 9.17) is 9.47 Å². The van der Waals surface area contributed by atoms with Crippen LogP contribution in [0.25, 0.3) is 10.9 Å². The smallest absolute Gasteiger partial charge is 0.246 e. The molecule has 1 saturated heterocycles. The number of carbonyl (C=O) groups excluding carboxylic acids is 1. The van der Waals surface area contributed by atoms with Gasteiger partial charge in [-0.3, -0.25) is 9.48 Å². The molecule has 3 heterocycles. The highest BCUT2D eigenvalue weighted by molar-refractivity contribution is 5.93. The Hall–Kier alpha value is -4.32. The summed E-state index contributed by atoms with van der Waals surface area (Å²) in [5.41, 5.74) is 1.01. The summed E-state index contributed by atoms with van der Waals surface area (Å²) in [4.78, 5) is 23.6. The van der Waals surface area contributed by atoms with Crippen LogP contribution in [0.3, 0.4) is 0 Å². The van der Waals surface area contributed by atoms with Crippen molar-refractivity contribution in [1.29, 1.82) is 0 Å². The van der Waals surface area contributed by atoms with E-state index in [0.29, 0.717) is 40.5 Å². The van der Waals surface area contributed by atoms with Crippen LogP contribution >= 0.6 is 0 Å². The summed E-state index contributed by atoms with van der Waals surface area (Å²) in [6, 6.07) is 7.24. The van der Waals surface area contributed by atoms with Crippen molar-refractivity contribution in [3.63, 3.8) is 0 Å². The number of carbonyl (C=O) groups is 1. The number of aromatic nitrogens is 4. The van der Waals surface area contributed by atoms with Crippen molar-refractivity contribution < 1.29 is 23.0 Å². The van der Waals surface area contributed by atoms with Gasteiger partial charge in [-0.15, -0.1) is 0 Å². The Bertz CT molecular complexity index is 1470. The lowest BCUT2D eigenvalue weighted by molar-refractivity contribution is -0.116. The lowest BCUT2D eigenvalue weighted by Gasteiger charge is -2.26. The van der Waals surface area contributed by atoms with Crippen molar-refractivity contribution in [2.24, 2.45) is 0 Å². The molecule has 0 bridgehead atoms. The number of ether oxygens (including phenoxy) is 2. The standard InChI is InChI=1S/C28H31F2N7O3/c1-39-24-13-20-23(14-25(24)40-12-6-11-36-9-3-2-4-10-36)31-18-32-28(20)34-19-15-33-37(16-19)17-26(38)35-22-8-5-7-21(29)27(22)30/h5,7-8,13-16,18H,2-4,6,9-12,17H2,1H3,(H,35,38)(H,31,32,34). The molecular formula is C28H31F2N7O3. The Labute approximate surface area is 230 Å². The van der Waals surface area contributed by atoms with Gasteiger partial charge in [-0.05, 0) is 50.6 Å². The van der Waals surface area contributed by atoms with E-state index in [0.717, 1.165) is 32.1 Å². The Balaban J connectivity index is 1.22. The molecule has 0 aliphatic carbocycles. The van der Waals surface area contributed by atoms with Gasteiger partial charge in [0, 0.05) is 24.2 Å². The van der Waals surface area contributed by atoms with Gasteiger partial charge in [-0.2, -0.15) is 5.10 Å². The maximum Gasteiger partial charge on any atom is 0.246 e. The van der Waals surface area contributed by atoms with Gasteiger partial charge in [0.15, 0.2) is 23.1 Å². The van der Waals surface area contributed by atoms with Gasteiger partial charge < -0.3 is 25.0 Å². The van der Waals surface area contributed by atoms with Crippen LogP contribution in [0.1, 0.15) is 25.7 Å². The highest BCUT2D eigenvalue weighted by Crippen LogP contribution is 2.34. The zero-order valence-corrected chi connectivity index (χ0v) is 22.2. The molecular weight excluding hydrogens is 520 g/mol. The third-order valence-electron chi connectivity index (χ3n) is 6.67. The van der Waals surface area contributed by atoms with Crippen molar-refractivity contribution in [3.05, 3.63) is 60.7 Å².